The van der Waals surface area contributed by atoms with Crippen molar-refractivity contribution < 1.29 is 0 Å². The summed E-state index contributed by atoms with van der Waals surface area (Å²) in [5, 5.41) is 3.50. The Balaban J connectivity index is 0.00000208. The average Bonchev–Trinajstić information content (AvgIpc) is 3.22. The molecule has 1 spiro atoms. The number of imidazole rings is 1. The highest BCUT2D eigenvalue weighted by Crippen LogP contribution is 2.43. The maximum Gasteiger partial charge on any atom is 0.193 e. The van der Waals surface area contributed by atoms with Crippen LogP contribution in [-0.2, 0) is 6.54 Å². The first-order chi connectivity index (χ1) is 11.3. The number of likely N-dealkylation sites (tertiary alicyclic amines) is 1. The second-order valence-corrected chi connectivity index (χ2v) is 7.12. The van der Waals surface area contributed by atoms with Gasteiger partial charge in [0.05, 0.1) is 6.33 Å². The molecule has 136 valence electrons. The maximum atomic E-state index is 4.87. The van der Waals surface area contributed by atoms with Crippen molar-refractivity contribution in [1.29, 1.82) is 0 Å². The van der Waals surface area contributed by atoms with Gasteiger partial charge >= 0.3 is 0 Å². The van der Waals surface area contributed by atoms with Gasteiger partial charge in [-0.1, -0.05) is 19.3 Å². The Bertz CT molecular complexity index is 494. The normalized spacial score (nSPS) is 20.2. The van der Waals surface area contributed by atoms with Crippen LogP contribution in [0.25, 0.3) is 0 Å². The lowest BCUT2D eigenvalue weighted by atomic mass is 9.73. The van der Waals surface area contributed by atoms with Crippen molar-refractivity contribution in [3.8, 4) is 0 Å². The molecule has 0 unspecified atom stereocenters. The van der Waals surface area contributed by atoms with Crippen LogP contribution in [0.2, 0.25) is 0 Å². The number of aryl methyl sites for hydroxylation is 1. The Kier molecular flexibility index (Phi) is 7.84. The summed E-state index contributed by atoms with van der Waals surface area (Å²) in [4.78, 5) is 11.5. The average molecular weight is 445 g/mol. The largest absolute Gasteiger partial charge is 0.357 e. The molecule has 1 aliphatic heterocycles. The predicted molar refractivity (Wildman–Crippen MR) is 110 cm³/mol. The maximum absolute atomic E-state index is 4.87. The van der Waals surface area contributed by atoms with Crippen LogP contribution in [0.5, 0.6) is 0 Å². The molecule has 1 aromatic heterocycles. The fourth-order valence-electron chi connectivity index (χ4n) is 4.11. The number of hydrogen-bond acceptors (Lipinski definition) is 2. The van der Waals surface area contributed by atoms with E-state index < -0.39 is 0 Å². The quantitative estimate of drug-likeness (QED) is 0.327. The lowest BCUT2D eigenvalue weighted by Crippen LogP contribution is -2.41. The molecule has 6 heteroatoms. The van der Waals surface area contributed by atoms with Crippen LogP contribution < -0.4 is 5.32 Å². The van der Waals surface area contributed by atoms with Gasteiger partial charge in [-0.05, 0) is 38.0 Å². The van der Waals surface area contributed by atoms with Gasteiger partial charge in [-0.3, -0.25) is 4.99 Å². The van der Waals surface area contributed by atoms with E-state index in [9.17, 15) is 0 Å². The highest BCUT2D eigenvalue weighted by Gasteiger charge is 2.39. The number of aromatic nitrogens is 2. The van der Waals surface area contributed by atoms with Crippen LogP contribution >= 0.6 is 24.0 Å². The van der Waals surface area contributed by atoms with E-state index in [1.165, 1.54) is 51.6 Å². The number of aliphatic imine (C=N–C) groups is 1. The minimum absolute atomic E-state index is 0. The Morgan fingerprint density at radius 1 is 1.25 bits per heavy atom. The molecular weight excluding hydrogens is 413 g/mol. The van der Waals surface area contributed by atoms with Crippen LogP contribution in [0, 0.1) is 5.41 Å². The Morgan fingerprint density at radius 3 is 2.79 bits per heavy atom. The molecule has 2 fully saturated rings. The third-order valence-electron chi connectivity index (χ3n) is 5.38. The summed E-state index contributed by atoms with van der Waals surface area (Å²) in [6.07, 6.45) is 15.3. The Hall–Kier alpha value is -0.790. The summed E-state index contributed by atoms with van der Waals surface area (Å²) in [7, 11) is 0. The zero-order valence-electron chi connectivity index (χ0n) is 14.9. The molecule has 1 aliphatic carbocycles. The molecule has 0 atom stereocenters. The molecule has 0 amide bonds. The van der Waals surface area contributed by atoms with Crippen molar-refractivity contribution in [2.75, 3.05) is 26.2 Å². The molecule has 24 heavy (non-hydrogen) atoms. The molecular formula is C18H32IN5. The number of guanidine groups is 1. The second-order valence-electron chi connectivity index (χ2n) is 7.12. The Labute approximate surface area is 163 Å². The molecule has 2 heterocycles. The van der Waals surface area contributed by atoms with Gasteiger partial charge in [0.15, 0.2) is 5.96 Å². The van der Waals surface area contributed by atoms with E-state index >= 15 is 0 Å². The molecule has 5 nitrogen and oxygen atoms in total. The number of halogens is 1. The van der Waals surface area contributed by atoms with Crippen molar-refractivity contribution in [3.63, 3.8) is 0 Å². The number of hydrogen-bond donors (Lipinski definition) is 1. The zero-order valence-corrected chi connectivity index (χ0v) is 17.2. The molecule has 1 saturated carbocycles. The minimum Gasteiger partial charge on any atom is -0.357 e. The van der Waals surface area contributed by atoms with Crippen molar-refractivity contribution >= 4 is 29.9 Å². The summed E-state index contributed by atoms with van der Waals surface area (Å²) < 4.78 is 2.12. The van der Waals surface area contributed by atoms with Crippen molar-refractivity contribution in [1.82, 2.24) is 19.8 Å². The standard InChI is InChI=1S/C18H31N5.HI/c1-2-20-17(21-10-6-12-22-14-11-19-16-22)23-13-9-18(15-23)7-4-3-5-8-18;/h11,14,16H,2-10,12-13,15H2,1H3,(H,20,21);1H. The molecule has 0 radical (unpaired) electrons. The van der Waals surface area contributed by atoms with Crippen LogP contribution in [0.15, 0.2) is 23.7 Å². The minimum atomic E-state index is 0. The first kappa shape index (κ1) is 19.5. The molecule has 0 aromatic carbocycles. The Morgan fingerprint density at radius 2 is 2.08 bits per heavy atom. The van der Waals surface area contributed by atoms with Crippen LogP contribution in [0.1, 0.15) is 51.9 Å². The summed E-state index contributed by atoms with van der Waals surface area (Å²) in [5.74, 6) is 1.13. The summed E-state index contributed by atoms with van der Waals surface area (Å²) in [5.41, 5.74) is 0.589. The topological polar surface area (TPSA) is 45.5 Å². The number of rotatable bonds is 5. The fraction of sp³-hybridized carbons (Fsp3) is 0.778. The van der Waals surface area contributed by atoms with Gasteiger partial charge in [0.25, 0.3) is 0 Å². The second kappa shape index (κ2) is 9.63. The van der Waals surface area contributed by atoms with E-state index in [1.54, 1.807) is 0 Å². The van der Waals surface area contributed by atoms with Gasteiger partial charge in [0, 0.05) is 45.1 Å². The summed E-state index contributed by atoms with van der Waals surface area (Å²) in [6.45, 7) is 7.36. The third kappa shape index (κ3) is 5.10. The third-order valence-corrected chi connectivity index (χ3v) is 5.38. The van der Waals surface area contributed by atoms with Gasteiger partial charge in [0.2, 0.25) is 0 Å². The van der Waals surface area contributed by atoms with Crippen LogP contribution in [0.4, 0.5) is 0 Å². The molecule has 2 aliphatic rings. The lowest BCUT2D eigenvalue weighted by Gasteiger charge is -2.33. The lowest BCUT2D eigenvalue weighted by molar-refractivity contribution is 0.203. The summed E-state index contributed by atoms with van der Waals surface area (Å²) >= 11 is 0. The van der Waals surface area contributed by atoms with Crippen molar-refractivity contribution in [3.05, 3.63) is 18.7 Å². The molecule has 3 rings (SSSR count). The van der Waals surface area contributed by atoms with E-state index in [2.05, 4.69) is 26.7 Å². The highest BCUT2D eigenvalue weighted by atomic mass is 127. The van der Waals surface area contributed by atoms with Gasteiger partial charge in [-0.15, -0.1) is 24.0 Å². The van der Waals surface area contributed by atoms with Crippen LogP contribution in [0.3, 0.4) is 0 Å². The van der Waals surface area contributed by atoms with Gasteiger partial charge in [-0.25, -0.2) is 4.98 Å². The highest BCUT2D eigenvalue weighted by molar-refractivity contribution is 14.0. The molecule has 1 aromatic rings. The van der Waals surface area contributed by atoms with E-state index in [0.717, 1.165) is 32.0 Å². The predicted octanol–water partition coefficient (Wildman–Crippen LogP) is 3.51. The first-order valence-corrected chi connectivity index (χ1v) is 9.30. The SMILES string of the molecule is CCNC(=NCCCn1ccnc1)N1CCC2(CCCCC2)C1.I. The van der Waals surface area contributed by atoms with E-state index in [1.807, 2.05) is 18.7 Å². The van der Waals surface area contributed by atoms with E-state index in [0.29, 0.717) is 5.41 Å². The van der Waals surface area contributed by atoms with Crippen molar-refractivity contribution in [2.24, 2.45) is 10.4 Å². The smallest absolute Gasteiger partial charge is 0.193 e. The molecule has 1 N–H and O–H groups in total. The molecule has 0 bridgehead atoms. The van der Waals surface area contributed by atoms with Crippen LogP contribution in [-0.4, -0.2) is 46.6 Å². The fourth-order valence-corrected chi connectivity index (χ4v) is 4.11. The van der Waals surface area contributed by atoms with Crippen molar-refractivity contribution in [2.45, 2.75) is 58.4 Å². The number of nitrogens with zero attached hydrogens (tertiary/aromatic N) is 4. The van der Waals surface area contributed by atoms with Gasteiger partial charge in [-0.2, -0.15) is 0 Å². The van der Waals surface area contributed by atoms with E-state index in [-0.39, 0.29) is 24.0 Å². The first-order valence-electron chi connectivity index (χ1n) is 9.30. The molecule has 1 saturated heterocycles. The van der Waals surface area contributed by atoms with Gasteiger partial charge in [0.1, 0.15) is 0 Å². The monoisotopic (exact) mass is 445 g/mol. The van der Waals surface area contributed by atoms with E-state index in [4.69, 9.17) is 4.99 Å². The van der Waals surface area contributed by atoms with Gasteiger partial charge < -0.3 is 14.8 Å². The zero-order chi connectivity index (χ0) is 16.0. The number of nitrogens with one attached hydrogen (secondary N) is 1. The summed E-state index contributed by atoms with van der Waals surface area (Å²) in [6, 6.07) is 0.